The second-order valence-corrected chi connectivity index (χ2v) is 7.15. The molecule has 0 spiro atoms. The van der Waals surface area contributed by atoms with Crippen molar-refractivity contribution in [2.24, 2.45) is 0 Å². The van der Waals surface area contributed by atoms with E-state index in [1.54, 1.807) is 12.3 Å². The second-order valence-electron chi connectivity index (χ2n) is 6.29. The summed E-state index contributed by atoms with van der Waals surface area (Å²) in [7, 11) is 0. The topological polar surface area (TPSA) is 50.1 Å². The summed E-state index contributed by atoms with van der Waals surface area (Å²) in [6.45, 7) is 4.46. The smallest absolute Gasteiger partial charge is 0.471 e. The van der Waals surface area contributed by atoms with Gasteiger partial charge in [0.1, 0.15) is 17.2 Å². The average Bonchev–Trinajstić information content (AvgIpc) is 2.96. The number of pyridine rings is 1. The molecule has 0 N–H and O–H groups in total. The summed E-state index contributed by atoms with van der Waals surface area (Å²) in [5.74, 6) is -0.463. The van der Waals surface area contributed by atoms with Gasteiger partial charge in [-0.05, 0) is 29.8 Å². The fraction of sp³-hybridized carbons (Fsp3) is 0.500. The number of carbonyl (C=O) groups is 1. The van der Waals surface area contributed by atoms with Gasteiger partial charge in [-0.25, -0.2) is 4.98 Å². The molecule has 6 nitrogen and oxygen atoms in total. The maximum atomic E-state index is 12.5. The van der Waals surface area contributed by atoms with Crippen LogP contribution in [0.1, 0.15) is 13.8 Å². The van der Waals surface area contributed by atoms with Gasteiger partial charge >= 0.3 is 12.1 Å². The first-order valence-corrected chi connectivity index (χ1v) is 8.90. The van der Waals surface area contributed by atoms with Crippen molar-refractivity contribution < 1.29 is 22.7 Å². The quantitative estimate of drug-likeness (QED) is 0.744. The first kappa shape index (κ1) is 18.8. The Labute approximate surface area is 156 Å². The molecular formula is C16H18BrF3N4O2. The van der Waals surface area contributed by atoms with Gasteiger partial charge in [0.2, 0.25) is 0 Å². The van der Waals surface area contributed by atoms with E-state index in [4.69, 9.17) is 4.74 Å². The van der Waals surface area contributed by atoms with Gasteiger partial charge in [-0.3, -0.25) is 4.79 Å². The van der Waals surface area contributed by atoms with Crippen LogP contribution in [0.2, 0.25) is 0 Å². The Morgan fingerprint density at radius 1 is 1.23 bits per heavy atom. The molecule has 2 aromatic heterocycles. The minimum Gasteiger partial charge on any atom is -0.490 e. The molecule has 0 aliphatic carbocycles. The van der Waals surface area contributed by atoms with Crippen LogP contribution in [0.3, 0.4) is 0 Å². The first-order valence-electron chi connectivity index (χ1n) is 8.11. The first-order chi connectivity index (χ1) is 12.1. The number of aromatic nitrogens is 2. The van der Waals surface area contributed by atoms with Crippen molar-refractivity contribution in [3.05, 3.63) is 22.9 Å². The van der Waals surface area contributed by atoms with Crippen LogP contribution in [0.4, 0.5) is 19.0 Å². The molecule has 10 heteroatoms. The fourth-order valence-corrected chi connectivity index (χ4v) is 3.22. The number of alkyl halides is 3. The molecule has 2 aromatic rings. The number of hydrogen-bond donors (Lipinski definition) is 0. The molecule has 0 aromatic carbocycles. The van der Waals surface area contributed by atoms with Crippen LogP contribution < -0.4 is 9.64 Å². The van der Waals surface area contributed by atoms with Gasteiger partial charge in [0, 0.05) is 38.4 Å². The number of ether oxygens (including phenoxy) is 1. The van der Waals surface area contributed by atoms with Crippen molar-refractivity contribution in [1.82, 2.24) is 14.3 Å². The van der Waals surface area contributed by atoms with E-state index in [-0.39, 0.29) is 19.2 Å². The Kier molecular flexibility index (Phi) is 5.05. The van der Waals surface area contributed by atoms with Gasteiger partial charge in [0.05, 0.1) is 16.8 Å². The van der Waals surface area contributed by atoms with Crippen LogP contribution in [-0.2, 0) is 4.79 Å². The predicted octanol–water partition coefficient (Wildman–Crippen LogP) is 3.09. The number of hydrogen-bond acceptors (Lipinski definition) is 4. The van der Waals surface area contributed by atoms with Crippen LogP contribution in [0.5, 0.6) is 5.75 Å². The summed E-state index contributed by atoms with van der Waals surface area (Å²) >= 11 is 3.46. The predicted molar refractivity (Wildman–Crippen MR) is 93.5 cm³/mol. The van der Waals surface area contributed by atoms with Crippen molar-refractivity contribution in [2.75, 3.05) is 31.1 Å². The summed E-state index contributed by atoms with van der Waals surface area (Å²) in [6, 6.07) is 1.80. The molecule has 142 valence electrons. The van der Waals surface area contributed by atoms with E-state index < -0.39 is 12.1 Å². The highest BCUT2D eigenvalue weighted by molar-refractivity contribution is 9.10. The summed E-state index contributed by atoms with van der Waals surface area (Å²) < 4.78 is 45.9. The van der Waals surface area contributed by atoms with E-state index in [1.807, 2.05) is 29.3 Å². The lowest BCUT2D eigenvalue weighted by molar-refractivity contribution is -0.185. The standard InChI is InChI=1S/C16H18BrF3N4O2/c1-10(2)26-12-7-13-21-14(9-24(13)8-11(12)17)22-3-5-23(6-4-22)15(25)16(18,19)20/h7-10H,3-6H2,1-2H3. The number of fused-ring (bicyclic) bond motifs is 1. The van der Waals surface area contributed by atoms with Crippen LogP contribution in [-0.4, -0.2) is 58.7 Å². The van der Waals surface area contributed by atoms with Gasteiger partial charge in [-0.1, -0.05) is 0 Å². The van der Waals surface area contributed by atoms with E-state index in [0.29, 0.717) is 30.3 Å². The highest BCUT2D eigenvalue weighted by Gasteiger charge is 2.43. The normalized spacial score (nSPS) is 15.8. The fourth-order valence-electron chi connectivity index (χ4n) is 2.79. The van der Waals surface area contributed by atoms with Gasteiger partial charge in [0.25, 0.3) is 0 Å². The Morgan fingerprint density at radius 2 is 1.88 bits per heavy atom. The third-order valence-electron chi connectivity index (χ3n) is 3.99. The Bertz CT molecular complexity index is 814. The molecule has 1 aliphatic rings. The van der Waals surface area contributed by atoms with Crippen molar-refractivity contribution >= 4 is 33.3 Å². The SMILES string of the molecule is CC(C)Oc1cc2nc(N3CCN(C(=O)C(F)(F)F)CC3)cn2cc1Br. The molecule has 0 saturated carbocycles. The molecule has 0 radical (unpaired) electrons. The van der Waals surface area contributed by atoms with Crippen molar-refractivity contribution in [1.29, 1.82) is 0 Å². The van der Waals surface area contributed by atoms with E-state index in [9.17, 15) is 18.0 Å². The number of amides is 1. The number of carbonyl (C=O) groups excluding carboxylic acids is 1. The molecule has 0 unspecified atom stereocenters. The van der Waals surface area contributed by atoms with E-state index in [1.165, 1.54) is 0 Å². The monoisotopic (exact) mass is 434 g/mol. The number of anilines is 1. The van der Waals surface area contributed by atoms with Crippen LogP contribution in [0, 0.1) is 0 Å². The summed E-state index contributed by atoms with van der Waals surface area (Å²) in [4.78, 5) is 18.5. The third kappa shape index (κ3) is 3.89. The zero-order valence-corrected chi connectivity index (χ0v) is 15.8. The number of nitrogens with zero attached hydrogens (tertiary/aromatic N) is 4. The molecule has 3 rings (SSSR count). The van der Waals surface area contributed by atoms with Gasteiger partial charge in [-0.2, -0.15) is 13.2 Å². The number of rotatable bonds is 3. The Balaban J connectivity index is 1.75. The molecule has 0 bridgehead atoms. The lowest BCUT2D eigenvalue weighted by Crippen LogP contribution is -2.52. The highest BCUT2D eigenvalue weighted by Crippen LogP contribution is 2.29. The van der Waals surface area contributed by atoms with Crippen molar-refractivity contribution in [3.63, 3.8) is 0 Å². The zero-order valence-electron chi connectivity index (χ0n) is 14.3. The molecule has 26 heavy (non-hydrogen) atoms. The summed E-state index contributed by atoms with van der Waals surface area (Å²) in [5.41, 5.74) is 0.674. The van der Waals surface area contributed by atoms with E-state index in [0.717, 1.165) is 9.37 Å². The molecule has 3 heterocycles. The third-order valence-corrected chi connectivity index (χ3v) is 4.59. The van der Waals surface area contributed by atoms with Crippen LogP contribution in [0.15, 0.2) is 22.9 Å². The van der Waals surface area contributed by atoms with Gasteiger partial charge in [0.15, 0.2) is 0 Å². The molecule has 1 amide bonds. The lowest BCUT2D eigenvalue weighted by atomic mass is 10.3. The van der Waals surface area contributed by atoms with Crippen molar-refractivity contribution in [3.8, 4) is 5.75 Å². The number of imidazole rings is 1. The van der Waals surface area contributed by atoms with Crippen LogP contribution >= 0.6 is 15.9 Å². The van der Waals surface area contributed by atoms with Crippen molar-refractivity contribution in [2.45, 2.75) is 26.1 Å². The second kappa shape index (κ2) is 6.98. The molecule has 1 saturated heterocycles. The molecule has 0 atom stereocenters. The number of halogens is 4. The molecule has 1 fully saturated rings. The summed E-state index contributed by atoms with van der Waals surface area (Å²) in [5, 5.41) is 0. The van der Waals surface area contributed by atoms with Gasteiger partial charge < -0.3 is 18.9 Å². The Hall–Kier alpha value is -1.97. The Morgan fingerprint density at radius 3 is 2.46 bits per heavy atom. The minimum atomic E-state index is -4.83. The maximum Gasteiger partial charge on any atom is 0.471 e. The van der Waals surface area contributed by atoms with E-state index >= 15 is 0 Å². The van der Waals surface area contributed by atoms with E-state index in [2.05, 4.69) is 20.9 Å². The zero-order chi connectivity index (χ0) is 19.1. The summed E-state index contributed by atoms with van der Waals surface area (Å²) in [6.07, 6.45) is -1.18. The highest BCUT2D eigenvalue weighted by atomic mass is 79.9. The van der Waals surface area contributed by atoms with Gasteiger partial charge in [-0.15, -0.1) is 0 Å². The largest absolute Gasteiger partial charge is 0.490 e. The molecular weight excluding hydrogens is 417 g/mol. The lowest BCUT2D eigenvalue weighted by Gasteiger charge is -2.35. The number of piperazine rings is 1. The van der Waals surface area contributed by atoms with Crippen LogP contribution in [0.25, 0.3) is 5.65 Å². The minimum absolute atomic E-state index is 0.0115. The maximum absolute atomic E-state index is 12.5. The molecule has 1 aliphatic heterocycles. The average molecular weight is 435 g/mol.